The molecule has 1 rings (SSSR count). The zero-order chi connectivity index (χ0) is 12.1. The van der Waals surface area contributed by atoms with Crippen molar-refractivity contribution in [1.82, 2.24) is 5.32 Å². The molecule has 2 amide bonds. The second-order valence-corrected chi connectivity index (χ2v) is 5.00. The summed E-state index contributed by atoms with van der Waals surface area (Å²) in [5, 5.41) is 2.60. The number of hydrogen-bond donors (Lipinski definition) is 3. The number of carbonyl (C=O) groups excluding carboxylic acids is 2. The number of amides is 2. The largest absolute Gasteiger partial charge is 0.370 e. The lowest BCUT2D eigenvalue weighted by Gasteiger charge is -2.09. The van der Waals surface area contributed by atoms with Crippen molar-refractivity contribution in [3.05, 3.63) is 21.3 Å². The van der Waals surface area contributed by atoms with Crippen LogP contribution in [0.1, 0.15) is 11.3 Å². The van der Waals surface area contributed by atoms with Crippen LogP contribution in [0.15, 0.2) is 12.1 Å². The number of primary amides is 1. The van der Waals surface area contributed by atoms with E-state index in [0.29, 0.717) is 10.9 Å². The molecular weight excluding hydrogens is 250 g/mol. The first kappa shape index (κ1) is 13.0. The lowest BCUT2D eigenvalue weighted by atomic mass is 10.2. The van der Waals surface area contributed by atoms with Gasteiger partial charge in [0.15, 0.2) is 0 Å². The van der Waals surface area contributed by atoms with E-state index in [0.717, 1.165) is 4.88 Å². The number of halogens is 1. The van der Waals surface area contributed by atoms with Crippen molar-refractivity contribution in [2.45, 2.75) is 19.0 Å². The van der Waals surface area contributed by atoms with E-state index in [1.54, 1.807) is 6.07 Å². The van der Waals surface area contributed by atoms with Gasteiger partial charge in [-0.1, -0.05) is 11.6 Å². The summed E-state index contributed by atoms with van der Waals surface area (Å²) in [5.74, 6) is -0.995. The van der Waals surface area contributed by atoms with Gasteiger partial charge in [-0.15, -0.1) is 11.3 Å². The number of nitrogens with two attached hydrogens (primary N) is 2. The van der Waals surface area contributed by atoms with Gasteiger partial charge in [-0.25, -0.2) is 0 Å². The van der Waals surface area contributed by atoms with Crippen LogP contribution in [0.2, 0.25) is 4.34 Å². The number of nitrogens with one attached hydrogen (secondary N) is 1. The van der Waals surface area contributed by atoms with Crippen LogP contribution in [-0.4, -0.2) is 17.9 Å². The van der Waals surface area contributed by atoms with Gasteiger partial charge >= 0.3 is 0 Å². The topological polar surface area (TPSA) is 98.2 Å². The highest BCUT2D eigenvalue weighted by Gasteiger charge is 2.15. The lowest BCUT2D eigenvalue weighted by molar-refractivity contribution is -0.126. The average molecular weight is 262 g/mol. The van der Waals surface area contributed by atoms with Crippen molar-refractivity contribution in [1.29, 1.82) is 0 Å². The SMILES string of the molecule is NC(=O)CC(N)C(=O)NCc1ccc(Cl)s1. The summed E-state index contributed by atoms with van der Waals surface area (Å²) in [6.45, 7) is 0.350. The molecule has 0 saturated carbocycles. The summed E-state index contributed by atoms with van der Waals surface area (Å²) in [6, 6.07) is 2.66. The fraction of sp³-hybridized carbons (Fsp3) is 0.333. The Morgan fingerprint density at radius 1 is 1.50 bits per heavy atom. The molecule has 1 aromatic rings. The Kier molecular flexibility index (Phi) is 4.72. The quantitative estimate of drug-likeness (QED) is 0.707. The Morgan fingerprint density at radius 3 is 2.69 bits per heavy atom. The van der Waals surface area contributed by atoms with Gasteiger partial charge < -0.3 is 16.8 Å². The van der Waals surface area contributed by atoms with Gasteiger partial charge in [0.2, 0.25) is 11.8 Å². The smallest absolute Gasteiger partial charge is 0.237 e. The van der Waals surface area contributed by atoms with E-state index >= 15 is 0 Å². The zero-order valence-electron chi connectivity index (χ0n) is 8.40. The molecule has 7 heteroatoms. The van der Waals surface area contributed by atoms with E-state index in [-0.39, 0.29) is 6.42 Å². The van der Waals surface area contributed by atoms with Crippen LogP contribution in [0.25, 0.3) is 0 Å². The third kappa shape index (κ3) is 4.18. The molecule has 0 saturated heterocycles. The minimum atomic E-state index is -0.895. The minimum absolute atomic E-state index is 0.156. The molecular formula is C9H12ClN3O2S. The van der Waals surface area contributed by atoms with Gasteiger partial charge in [-0.2, -0.15) is 0 Å². The predicted octanol–water partition coefficient (Wildman–Crippen LogP) is 0.220. The van der Waals surface area contributed by atoms with Crippen molar-refractivity contribution >= 4 is 34.8 Å². The third-order valence-electron chi connectivity index (χ3n) is 1.82. The van der Waals surface area contributed by atoms with Crippen LogP contribution in [-0.2, 0) is 16.1 Å². The first-order valence-electron chi connectivity index (χ1n) is 4.55. The summed E-state index contributed by atoms with van der Waals surface area (Å²) < 4.78 is 0.658. The third-order valence-corrected chi connectivity index (χ3v) is 3.05. The first-order chi connectivity index (χ1) is 7.49. The Bertz CT molecular complexity index is 394. The van der Waals surface area contributed by atoms with E-state index < -0.39 is 17.9 Å². The van der Waals surface area contributed by atoms with Crippen molar-refractivity contribution < 1.29 is 9.59 Å². The minimum Gasteiger partial charge on any atom is -0.370 e. The Balaban J connectivity index is 2.37. The van der Waals surface area contributed by atoms with Gasteiger partial charge in [0.1, 0.15) is 0 Å². The molecule has 1 heterocycles. The first-order valence-corrected chi connectivity index (χ1v) is 5.74. The molecule has 0 bridgehead atoms. The fourth-order valence-electron chi connectivity index (χ4n) is 1.06. The van der Waals surface area contributed by atoms with Gasteiger partial charge in [-0.3, -0.25) is 9.59 Å². The fourth-order valence-corrected chi connectivity index (χ4v) is 2.09. The number of rotatable bonds is 5. The van der Waals surface area contributed by atoms with E-state index in [4.69, 9.17) is 23.1 Å². The molecule has 88 valence electrons. The van der Waals surface area contributed by atoms with Crippen LogP contribution in [0.5, 0.6) is 0 Å². The highest BCUT2D eigenvalue weighted by molar-refractivity contribution is 7.16. The van der Waals surface area contributed by atoms with Crippen LogP contribution in [0.4, 0.5) is 0 Å². The molecule has 0 fully saturated rings. The Hall–Kier alpha value is -1.11. The molecule has 0 aromatic carbocycles. The maximum atomic E-state index is 11.4. The van der Waals surface area contributed by atoms with E-state index in [1.165, 1.54) is 11.3 Å². The van der Waals surface area contributed by atoms with Crippen LogP contribution >= 0.6 is 22.9 Å². The van der Waals surface area contributed by atoms with Crippen molar-refractivity contribution in [3.8, 4) is 0 Å². The van der Waals surface area contributed by atoms with Crippen LogP contribution in [0.3, 0.4) is 0 Å². The van der Waals surface area contributed by atoms with Gasteiger partial charge in [0.25, 0.3) is 0 Å². The predicted molar refractivity (Wildman–Crippen MR) is 63.0 cm³/mol. The normalized spacial score (nSPS) is 12.1. The molecule has 0 aliphatic carbocycles. The average Bonchev–Trinajstić information content (AvgIpc) is 2.59. The van der Waals surface area contributed by atoms with Gasteiger partial charge in [0, 0.05) is 4.88 Å². The summed E-state index contributed by atoms with van der Waals surface area (Å²) >= 11 is 7.10. The van der Waals surface area contributed by atoms with Gasteiger partial charge in [-0.05, 0) is 12.1 Å². The molecule has 5 N–H and O–H groups in total. The molecule has 0 radical (unpaired) electrons. The standard InChI is InChI=1S/C9H12ClN3O2S/c10-7-2-1-5(16-7)4-13-9(15)6(11)3-8(12)14/h1-2,6H,3-4,11H2,(H2,12,14)(H,13,15). The zero-order valence-corrected chi connectivity index (χ0v) is 9.98. The molecule has 5 nitrogen and oxygen atoms in total. The second-order valence-electron chi connectivity index (χ2n) is 3.20. The monoisotopic (exact) mass is 261 g/mol. The van der Waals surface area contributed by atoms with E-state index in [9.17, 15) is 9.59 Å². The highest BCUT2D eigenvalue weighted by Crippen LogP contribution is 2.20. The van der Waals surface area contributed by atoms with Crippen molar-refractivity contribution in [2.24, 2.45) is 11.5 Å². The molecule has 0 aliphatic heterocycles. The van der Waals surface area contributed by atoms with Crippen molar-refractivity contribution in [2.75, 3.05) is 0 Å². The Morgan fingerprint density at radius 2 is 2.19 bits per heavy atom. The van der Waals surface area contributed by atoms with Crippen LogP contribution < -0.4 is 16.8 Å². The summed E-state index contributed by atoms with van der Waals surface area (Å²) in [5.41, 5.74) is 10.4. The van der Waals surface area contributed by atoms with Gasteiger partial charge in [0.05, 0.1) is 23.3 Å². The van der Waals surface area contributed by atoms with Crippen LogP contribution in [0, 0.1) is 0 Å². The summed E-state index contributed by atoms with van der Waals surface area (Å²) in [7, 11) is 0. The number of thiophene rings is 1. The maximum Gasteiger partial charge on any atom is 0.237 e. The molecule has 1 aromatic heterocycles. The van der Waals surface area contributed by atoms with Crippen molar-refractivity contribution in [3.63, 3.8) is 0 Å². The molecule has 0 aliphatic rings. The highest BCUT2D eigenvalue weighted by atomic mass is 35.5. The number of carbonyl (C=O) groups is 2. The molecule has 1 unspecified atom stereocenters. The van der Waals surface area contributed by atoms with E-state index in [2.05, 4.69) is 5.32 Å². The molecule has 1 atom stereocenters. The maximum absolute atomic E-state index is 11.4. The van der Waals surface area contributed by atoms with E-state index in [1.807, 2.05) is 6.07 Å². The number of hydrogen-bond acceptors (Lipinski definition) is 4. The summed E-state index contributed by atoms with van der Waals surface area (Å²) in [4.78, 5) is 22.8. The summed E-state index contributed by atoms with van der Waals surface area (Å²) in [6.07, 6.45) is -0.156. The lowest BCUT2D eigenvalue weighted by Crippen LogP contribution is -2.42. The Labute approximate surface area is 102 Å². The molecule has 16 heavy (non-hydrogen) atoms. The second kappa shape index (κ2) is 5.83. The molecule has 0 spiro atoms.